The van der Waals surface area contributed by atoms with Crippen molar-refractivity contribution < 1.29 is 28.6 Å². The summed E-state index contributed by atoms with van der Waals surface area (Å²) in [6.07, 6.45) is 4.96. The molecular weight excluding hydrogens is 556 g/mol. The first-order valence-corrected chi connectivity index (χ1v) is 17.6. The molecule has 9 atom stereocenters. The molecule has 2 aliphatic rings. The second-order valence-electron chi connectivity index (χ2n) is 15.0. The molecule has 0 aromatic heterocycles. The number of unbranched alkanes of at least 4 members (excludes halogenated alkanes) is 1. The maximum Gasteiger partial charge on any atom is 0.347 e. The SMILES string of the molecule is CCCCOC(=O)C(C(=O)OC(C)C(=O)OCC)(C1CC(C)(CC)NC(C)(CC)C1C)C1CC(C)(CC)NC(C)(CC)C1C. The standard InChI is InChI=1S/C36H66N2O6/c1-14-20-21-43-30(40)36(31(41)44-26(9)29(39)42-19-6,27-22-32(10,15-2)37-34(12,17-4)24(27)7)28-23-33(11,16-3)38-35(13,18-5)25(28)8/h24-28,37-38H,14-23H2,1-13H3. The molecule has 2 saturated heterocycles. The van der Waals surface area contributed by atoms with Gasteiger partial charge in [0, 0.05) is 22.2 Å². The fourth-order valence-corrected chi connectivity index (χ4v) is 8.28. The van der Waals surface area contributed by atoms with E-state index in [0.717, 1.165) is 32.1 Å². The van der Waals surface area contributed by atoms with Crippen LogP contribution in [0.25, 0.3) is 0 Å². The van der Waals surface area contributed by atoms with E-state index in [1.54, 1.807) is 13.8 Å². The maximum atomic E-state index is 15.2. The highest BCUT2D eigenvalue weighted by Crippen LogP contribution is 2.59. The molecule has 0 radical (unpaired) electrons. The van der Waals surface area contributed by atoms with E-state index in [1.165, 1.54) is 0 Å². The van der Waals surface area contributed by atoms with E-state index in [2.05, 4.69) is 86.8 Å². The van der Waals surface area contributed by atoms with Gasteiger partial charge >= 0.3 is 17.9 Å². The molecule has 0 aromatic carbocycles. The van der Waals surface area contributed by atoms with Crippen LogP contribution in [0.15, 0.2) is 0 Å². The molecule has 2 fully saturated rings. The third-order valence-corrected chi connectivity index (χ3v) is 12.2. The highest BCUT2D eigenvalue weighted by Gasteiger charge is 2.69. The van der Waals surface area contributed by atoms with Gasteiger partial charge in [-0.25, -0.2) is 4.79 Å². The molecule has 9 unspecified atom stereocenters. The zero-order valence-corrected chi connectivity index (χ0v) is 30.4. The smallest absolute Gasteiger partial charge is 0.347 e. The molecule has 256 valence electrons. The summed E-state index contributed by atoms with van der Waals surface area (Å²) >= 11 is 0. The minimum Gasteiger partial charge on any atom is -0.465 e. The summed E-state index contributed by atoms with van der Waals surface area (Å²) in [6, 6.07) is 0. The third-order valence-electron chi connectivity index (χ3n) is 12.2. The largest absolute Gasteiger partial charge is 0.465 e. The number of rotatable bonds is 14. The Morgan fingerprint density at radius 1 is 0.750 bits per heavy atom. The van der Waals surface area contributed by atoms with E-state index in [4.69, 9.17) is 14.2 Å². The second-order valence-corrected chi connectivity index (χ2v) is 15.0. The lowest BCUT2D eigenvalue weighted by molar-refractivity contribution is -0.204. The number of carbonyl (C=O) groups excluding carboxylic acids is 3. The van der Waals surface area contributed by atoms with Crippen LogP contribution in [0.5, 0.6) is 0 Å². The first kappa shape index (κ1) is 38.5. The summed E-state index contributed by atoms with van der Waals surface area (Å²) in [5.41, 5.74) is -2.94. The molecule has 0 aromatic rings. The topological polar surface area (TPSA) is 103 Å². The number of carbonyl (C=O) groups is 3. The summed E-state index contributed by atoms with van der Waals surface area (Å²) in [7, 11) is 0. The van der Waals surface area contributed by atoms with Crippen molar-refractivity contribution in [2.75, 3.05) is 13.2 Å². The molecule has 8 heteroatoms. The minimum atomic E-state index is -1.63. The summed E-state index contributed by atoms with van der Waals surface area (Å²) < 4.78 is 17.5. The van der Waals surface area contributed by atoms with Gasteiger partial charge in [0.15, 0.2) is 11.5 Å². The Balaban J connectivity index is 3.01. The average Bonchev–Trinajstić information content (AvgIpc) is 2.98. The molecule has 0 aliphatic carbocycles. The van der Waals surface area contributed by atoms with Crippen LogP contribution >= 0.6 is 0 Å². The van der Waals surface area contributed by atoms with Crippen molar-refractivity contribution in [1.82, 2.24) is 10.6 Å². The van der Waals surface area contributed by atoms with Gasteiger partial charge < -0.3 is 24.8 Å². The highest BCUT2D eigenvalue weighted by molar-refractivity contribution is 6.02. The fraction of sp³-hybridized carbons (Fsp3) is 0.917. The van der Waals surface area contributed by atoms with Gasteiger partial charge in [0.05, 0.1) is 13.2 Å². The Bertz CT molecular complexity index is 957. The van der Waals surface area contributed by atoms with Crippen molar-refractivity contribution in [3.05, 3.63) is 0 Å². The van der Waals surface area contributed by atoms with E-state index in [-0.39, 0.29) is 59.0 Å². The number of hydrogen-bond acceptors (Lipinski definition) is 8. The van der Waals surface area contributed by atoms with E-state index < -0.39 is 29.4 Å². The molecule has 8 nitrogen and oxygen atoms in total. The lowest BCUT2D eigenvalue weighted by Crippen LogP contribution is -2.73. The lowest BCUT2D eigenvalue weighted by Gasteiger charge is -2.62. The summed E-state index contributed by atoms with van der Waals surface area (Å²) in [6.45, 7) is 27.6. The van der Waals surface area contributed by atoms with Gasteiger partial charge in [-0.15, -0.1) is 0 Å². The van der Waals surface area contributed by atoms with Crippen LogP contribution < -0.4 is 10.6 Å². The van der Waals surface area contributed by atoms with Crippen molar-refractivity contribution in [1.29, 1.82) is 0 Å². The Morgan fingerprint density at radius 3 is 1.57 bits per heavy atom. The second kappa shape index (κ2) is 14.8. The monoisotopic (exact) mass is 622 g/mol. The molecule has 0 bridgehead atoms. The Kier molecular flexibility index (Phi) is 13.0. The van der Waals surface area contributed by atoms with E-state index in [9.17, 15) is 4.79 Å². The van der Waals surface area contributed by atoms with Gasteiger partial charge in [-0.2, -0.15) is 0 Å². The van der Waals surface area contributed by atoms with Crippen LogP contribution in [0, 0.1) is 29.1 Å². The van der Waals surface area contributed by atoms with Gasteiger partial charge in [0.25, 0.3) is 0 Å². The minimum absolute atomic E-state index is 0.0702. The Hall–Kier alpha value is -1.67. The van der Waals surface area contributed by atoms with E-state index >= 15 is 9.59 Å². The molecule has 0 spiro atoms. The molecular formula is C36H66N2O6. The van der Waals surface area contributed by atoms with Gasteiger partial charge in [-0.3, -0.25) is 9.59 Å². The van der Waals surface area contributed by atoms with Crippen LogP contribution in [0.2, 0.25) is 0 Å². The van der Waals surface area contributed by atoms with Crippen LogP contribution in [0.4, 0.5) is 0 Å². The van der Waals surface area contributed by atoms with Crippen LogP contribution in [0.3, 0.4) is 0 Å². The molecule has 2 N–H and O–H groups in total. The fourth-order valence-electron chi connectivity index (χ4n) is 8.28. The summed E-state index contributed by atoms with van der Waals surface area (Å²) in [5.74, 6) is -2.67. The van der Waals surface area contributed by atoms with Crippen molar-refractivity contribution in [2.24, 2.45) is 29.1 Å². The summed E-state index contributed by atoms with van der Waals surface area (Å²) in [5, 5.41) is 7.88. The molecule has 0 amide bonds. The van der Waals surface area contributed by atoms with Gasteiger partial charge in [-0.1, -0.05) is 54.9 Å². The molecule has 2 aliphatic heterocycles. The zero-order valence-electron chi connectivity index (χ0n) is 30.4. The highest BCUT2D eigenvalue weighted by atomic mass is 16.6. The number of nitrogens with one attached hydrogen (secondary N) is 2. The zero-order chi connectivity index (χ0) is 33.7. The Labute approximate surface area is 268 Å². The van der Waals surface area contributed by atoms with Crippen molar-refractivity contribution in [2.45, 2.75) is 170 Å². The number of piperidine rings is 2. The average molecular weight is 623 g/mol. The van der Waals surface area contributed by atoms with Crippen molar-refractivity contribution >= 4 is 17.9 Å². The van der Waals surface area contributed by atoms with E-state index in [0.29, 0.717) is 19.3 Å². The summed E-state index contributed by atoms with van der Waals surface area (Å²) in [4.78, 5) is 43.1. The molecule has 2 heterocycles. The number of esters is 3. The third kappa shape index (κ3) is 7.32. The van der Waals surface area contributed by atoms with Crippen molar-refractivity contribution in [3.8, 4) is 0 Å². The Morgan fingerprint density at radius 2 is 1.20 bits per heavy atom. The van der Waals surface area contributed by atoms with Crippen LogP contribution in [0.1, 0.15) is 141 Å². The van der Waals surface area contributed by atoms with Crippen LogP contribution in [-0.4, -0.2) is 59.4 Å². The van der Waals surface area contributed by atoms with Crippen LogP contribution in [-0.2, 0) is 28.6 Å². The molecule has 44 heavy (non-hydrogen) atoms. The first-order valence-electron chi connectivity index (χ1n) is 17.6. The normalized spacial score (nSPS) is 37.8. The molecule has 2 rings (SSSR count). The molecule has 0 saturated carbocycles. The quantitative estimate of drug-likeness (QED) is 0.0926. The lowest BCUT2D eigenvalue weighted by atomic mass is 9.48. The number of ether oxygens (including phenoxy) is 3. The van der Waals surface area contributed by atoms with Crippen molar-refractivity contribution in [3.63, 3.8) is 0 Å². The predicted molar refractivity (Wildman–Crippen MR) is 176 cm³/mol. The maximum absolute atomic E-state index is 15.2. The van der Waals surface area contributed by atoms with Gasteiger partial charge in [-0.05, 0) is 110 Å². The van der Waals surface area contributed by atoms with E-state index in [1.807, 2.05) is 0 Å². The van der Waals surface area contributed by atoms with Gasteiger partial charge in [0.1, 0.15) is 0 Å². The first-order chi connectivity index (χ1) is 20.4. The predicted octanol–water partition coefficient (Wildman–Crippen LogP) is 6.98. The van der Waals surface area contributed by atoms with Gasteiger partial charge in [0.2, 0.25) is 0 Å². The number of hydrogen-bond donors (Lipinski definition) is 2.